The number of methoxy groups -OCH3 is 1. The molecule has 3 rings (SSSR count). The molecule has 2 aromatic heterocycles. The third-order valence-electron chi connectivity index (χ3n) is 4.49. The second-order valence-corrected chi connectivity index (χ2v) is 6.89. The molecule has 0 bridgehead atoms. The molecule has 0 aliphatic rings. The normalized spacial score (nSPS) is 11.2. The Morgan fingerprint density at radius 3 is 2.41 bits per heavy atom. The van der Waals surface area contributed by atoms with E-state index in [9.17, 15) is 4.79 Å². The van der Waals surface area contributed by atoms with Crippen LogP contribution < -0.4 is 4.74 Å². The summed E-state index contributed by atoms with van der Waals surface area (Å²) in [5, 5.41) is 4.57. The minimum absolute atomic E-state index is 0.182. The molecule has 27 heavy (non-hydrogen) atoms. The molecule has 142 valence electrons. The molecule has 6 heteroatoms. The summed E-state index contributed by atoms with van der Waals surface area (Å²) < 4.78 is 12.3. The fourth-order valence-electron chi connectivity index (χ4n) is 3.22. The zero-order valence-corrected chi connectivity index (χ0v) is 16.7. The zero-order valence-electron chi connectivity index (χ0n) is 16.7. The van der Waals surface area contributed by atoms with Crippen LogP contribution in [0.4, 0.5) is 0 Å². The van der Waals surface area contributed by atoms with Gasteiger partial charge in [0.05, 0.1) is 19.3 Å². The summed E-state index contributed by atoms with van der Waals surface area (Å²) in [6, 6.07) is 5.80. The summed E-state index contributed by atoms with van der Waals surface area (Å²) in [5.41, 5.74) is 5.15. The van der Waals surface area contributed by atoms with Gasteiger partial charge in [-0.05, 0) is 55.7 Å². The number of aromatic nitrogens is 3. The van der Waals surface area contributed by atoms with Crippen LogP contribution in [0.2, 0.25) is 0 Å². The van der Waals surface area contributed by atoms with Gasteiger partial charge in [0.15, 0.2) is 11.5 Å². The topological polar surface area (TPSA) is 65.7 Å². The smallest absolute Gasteiger partial charge is 0.339 e. The quantitative estimate of drug-likeness (QED) is 0.628. The summed E-state index contributed by atoms with van der Waals surface area (Å²) in [5.74, 6) is 1.35. The summed E-state index contributed by atoms with van der Waals surface area (Å²) in [4.78, 5) is 17.1. The summed E-state index contributed by atoms with van der Waals surface area (Å²) in [6.07, 6.45) is 1.68. The van der Waals surface area contributed by atoms with Crippen LogP contribution in [0.3, 0.4) is 0 Å². The molecule has 0 fully saturated rings. The minimum Gasteiger partial charge on any atom is -0.497 e. The standard InChI is InChI=1S/C21H25N3O3/c1-7-27-21(25)15-10-17(18-13(4)8-16(26-6)9-14(18)5)20-22-19(12(2)3)23-24(20)11-15/h8-12H,7H2,1-6H3. The van der Waals surface area contributed by atoms with Gasteiger partial charge in [0.2, 0.25) is 0 Å². The molecule has 0 amide bonds. The number of esters is 1. The van der Waals surface area contributed by atoms with Crippen molar-refractivity contribution in [2.75, 3.05) is 13.7 Å². The van der Waals surface area contributed by atoms with Crippen molar-refractivity contribution in [3.05, 3.63) is 46.9 Å². The highest BCUT2D eigenvalue weighted by Crippen LogP contribution is 2.34. The van der Waals surface area contributed by atoms with E-state index in [1.165, 1.54) is 0 Å². The molecule has 0 unspecified atom stereocenters. The van der Waals surface area contributed by atoms with E-state index in [1.807, 2.05) is 45.9 Å². The summed E-state index contributed by atoms with van der Waals surface area (Å²) >= 11 is 0. The number of hydrogen-bond acceptors (Lipinski definition) is 5. The number of hydrogen-bond donors (Lipinski definition) is 0. The lowest BCUT2D eigenvalue weighted by Gasteiger charge is -2.14. The van der Waals surface area contributed by atoms with Gasteiger partial charge < -0.3 is 9.47 Å². The Kier molecular flexibility index (Phi) is 5.17. The molecule has 1 aromatic carbocycles. The molecule has 0 saturated carbocycles. The predicted molar refractivity (Wildman–Crippen MR) is 104 cm³/mol. The third kappa shape index (κ3) is 3.52. The van der Waals surface area contributed by atoms with E-state index in [1.54, 1.807) is 24.7 Å². The van der Waals surface area contributed by atoms with Crippen molar-refractivity contribution in [2.45, 2.75) is 40.5 Å². The number of carbonyl (C=O) groups excluding carboxylic acids is 1. The van der Waals surface area contributed by atoms with Crippen LogP contribution in [-0.2, 0) is 4.74 Å². The highest BCUT2D eigenvalue weighted by atomic mass is 16.5. The Balaban J connectivity index is 2.31. The Bertz CT molecular complexity index is 982. The van der Waals surface area contributed by atoms with E-state index >= 15 is 0 Å². The molecule has 0 radical (unpaired) electrons. The lowest BCUT2D eigenvalue weighted by Crippen LogP contribution is -2.07. The molecule has 0 atom stereocenters. The Labute approximate surface area is 159 Å². The van der Waals surface area contributed by atoms with E-state index in [4.69, 9.17) is 14.5 Å². The van der Waals surface area contributed by atoms with E-state index in [0.29, 0.717) is 12.2 Å². The van der Waals surface area contributed by atoms with Gasteiger partial charge in [-0.15, -0.1) is 0 Å². The number of pyridine rings is 1. The van der Waals surface area contributed by atoms with E-state index < -0.39 is 0 Å². The van der Waals surface area contributed by atoms with Gasteiger partial charge in [-0.3, -0.25) is 0 Å². The number of carbonyl (C=O) groups is 1. The van der Waals surface area contributed by atoms with Crippen LogP contribution in [0, 0.1) is 13.8 Å². The number of nitrogens with zero attached hydrogens (tertiary/aromatic N) is 3. The van der Waals surface area contributed by atoms with Gasteiger partial charge in [0.25, 0.3) is 0 Å². The van der Waals surface area contributed by atoms with E-state index in [-0.39, 0.29) is 11.9 Å². The van der Waals surface area contributed by atoms with Crippen molar-refractivity contribution in [1.82, 2.24) is 14.6 Å². The molecule has 0 aliphatic heterocycles. The molecule has 0 N–H and O–H groups in total. The van der Waals surface area contributed by atoms with Gasteiger partial charge in [-0.25, -0.2) is 14.3 Å². The van der Waals surface area contributed by atoms with Crippen LogP contribution in [0.25, 0.3) is 16.8 Å². The van der Waals surface area contributed by atoms with Gasteiger partial charge in [0, 0.05) is 17.7 Å². The van der Waals surface area contributed by atoms with Crippen molar-refractivity contribution >= 4 is 11.6 Å². The first-order valence-electron chi connectivity index (χ1n) is 9.08. The molecule has 0 spiro atoms. The number of aryl methyl sites for hydroxylation is 2. The van der Waals surface area contributed by atoms with E-state index in [2.05, 4.69) is 5.10 Å². The number of ether oxygens (including phenoxy) is 2. The van der Waals surface area contributed by atoms with Crippen LogP contribution >= 0.6 is 0 Å². The number of rotatable bonds is 5. The largest absolute Gasteiger partial charge is 0.497 e. The molecule has 3 aromatic rings. The highest BCUT2D eigenvalue weighted by molar-refractivity contribution is 5.93. The Morgan fingerprint density at radius 1 is 1.19 bits per heavy atom. The number of benzene rings is 1. The molecular weight excluding hydrogens is 342 g/mol. The zero-order chi connectivity index (χ0) is 19.7. The maximum atomic E-state index is 12.4. The first kappa shape index (κ1) is 18.9. The highest BCUT2D eigenvalue weighted by Gasteiger charge is 2.19. The molecule has 2 heterocycles. The fourth-order valence-corrected chi connectivity index (χ4v) is 3.22. The van der Waals surface area contributed by atoms with Gasteiger partial charge >= 0.3 is 5.97 Å². The second kappa shape index (κ2) is 7.39. The summed E-state index contributed by atoms with van der Waals surface area (Å²) in [6.45, 7) is 10.3. The van der Waals surface area contributed by atoms with Crippen LogP contribution in [0.15, 0.2) is 24.4 Å². The average molecular weight is 367 g/mol. The van der Waals surface area contributed by atoms with Crippen molar-refractivity contribution in [2.24, 2.45) is 0 Å². The minimum atomic E-state index is -0.369. The van der Waals surface area contributed by atoms with Crippen LogP contribution in [-0.4, -0.2) is 34.3 Å². The molecule has 6 nitrogen and oxygen atoms in total. The second-order valence-electron chi connectivity index (χ2n) is 6.89. The molecule has 0 aliphatic carbocycles. The predicted octanol–water partition coefficient (Wildman–Crippen LogP) is 4.32. The van der Waals surface area contributed by atoms with Crippen molar-refractivity contribution in [3.63, 3.8) is 0 Å². The lowest BCUT2D eigenvalue weighted by molar-refractivity contribution is 0.0525. The maximum absolute atomic E-state index is 12.4. The van der Waals surface area contributed by atoms with Crippen molar-refractivity contribution in [3.8, 4) is 16.9 Å². The Hall–Kier alpha value is -2.89. The van der Waals surface area contributed by atoms with Gasteiger partial charge in [-0.1, -0.05) is 13.8 Å². The fraction of sp³-hybridized carbons (Fsp3) is 0.381. The maximum Gasteiger partial charge on any atom is 0.339 e. The first-order chi connectivity index (χ1) is 12.8. The monoisotopic (exact) mass is 367 g/mol. The third-order valence-corrected chi connectivity index (χ3v) is 4.49. The molecular formula is C21H25N3O3. The van der Waals surface area contributed by atoms with Gasteiger partial charge in [-0.2, -0.15) is 5.10 Å². The van der Waals surface area contributed by atoms with E-state index in [0.717, 1.165) is 39.5 Å². The Morgan fingerprint density at radius 2 is 1.85 bits per heavy atom. The SMILES string of the molecule is CCOC(=O)c1cc(-c2c(C)cc(OC)cc2C)c2nc(C(C)C)nn2c1. The average Bonchev–Trinajstić information content (AvgIpc) is 3.05. The number of fused-ring (bicyclic) bond motifs is 1. The van der Waals surface area contributed by atoms with Crippen molar-refractivity contribution in [1.29, 1.82) is 0 Å². The summed E-state index contributed by atoms with van der Waals surface area (Å²) in [7, 11) is 1.65. The lowest BCUT2D eigenvalue weighted by atomic mass is 9.95. The van der Waals surface area contributed by atoms with Gasteiger partial charge in [0.1, 0.15) is 5.75 Å². The molecule has 0 saturated heterocycles. The first-order valence-corrected chi connectivity index (χ1v) is 9.08. The van der Waals surface area contributed by atoms with Crippen LogP contribution in [0.1, 0.15) is 54.0 Å². The van der Waals surface area contributed by atoms with Crippen LogP contribution in [0.5, 0.6) is 5.75 Å². The van der Waals surface area contributed by atoms with Crippen molar-refractivity contribution < 1.29 is 14.3 Å².